The van der Waals surface area contributed by atoms with Gasteiger partial charge in [-0.15, -0.1) is 0 Å². The number of aliphatic imine (C=N–C) groups is 1. The molecular formula is C23H33N5O2. The Morgan fingerprint density at radius 1 is 1.17 bits per heavy atom. The van der Waals surface area contributed by atoms with E-state index in [9.17, 15) is 4.79 Å². The van der Waals surface area contributed by atoms with Crippen molar-refractivity contribution in [2.24, 2.45) is 10.9 Å². The molecule has 0 bridgehead atoms. The van der Waals surface area contributed by atoms with E-state index < -0.39 is 0 Å². The standard InChI is InChI=1S/C23H33N5O2/c1-16(2)21-13-20(30-28-21)15-26-23(24-3)25-14-17-8-7-11-19(12-17)27-22(29)18-9-5-4-6-10-18/h7-8,11-13,16,18H,4-6,9-10,14-15H2,1-3H3,(H,27,29)(H2,24,25,26). The summed E-state index contributed by atoms with van der Waals surface area (Å²) in [6, 6.07) is 9.90. The van der Waals surface area contributed by atoms with Crippen molar-refractivity contribution in [2.45, 2.75) is 65.0 Å². The molecule has 7 nitrogen and oxygen atoms in total. The van der Waals surface area contributed by atoms with E-state index in [4.69, 9.17) is 4.52 Å². The van der Waals surface area contributed by atoms with Crippen molar-refractivity contribution in [3.05, 3.63) is 47.3 Å². The molecule has 1 aromatic heterocycles. The molecule has 1 heterocycles. The van der Waals surface area contributed by atoms with Crippen LogP contribution in [0.5, 0.6) is 0 Å². The molecule has 3 rings (SSSR count). The van der Waals surface area contributed by atoms with Gasteiger partial charge in [0, 0.05) is 31.3 Å². The number of nitrogens with zero attached hydrogens (tertiary/aromatic N) is 2. The Bertz CT molecular complexity index is 853. The zero-order valence-electron chi connectivity index (χ0n) is 18.2. The first-order valence-electron chi connectivity index (χ1n) is 10.8. The molecule has 1 amide bonds. The van der Waals surface area contributed by atoms with Crippen LogP contribution in [-0.4, -0.2) is 24.1 Å². The van der Waals surface area contributed by atoms with Crippen LogP contribution in [0.25, 0.3) is 0 Å². The van der Waals surface area contributed by atoms with Crippen LogP contribution in [-0.2, 0) is 17.9 Å². The first-order chi connectivity index (χ1) is 14.5. The van der Waals surface area contributed by atoms with Gasteiger partial charge in [0.2, 0.25) is 5.91 Å². The Morgan fingerprint density at radius 3 is 2.63 bits per heavy atom. The van der Waals surface area contributed by atoms with Crippen LogP contribution in [0.1, 0.15) is 68.9 Å². The number of hydrogen-bond donors (Lipinski definition) is 3. The van der Waals surface area contributed by atoms with Crippen molar-refractivity contribution in [2.75, 3.05) is 12.4 Å². The minimum atomic E-state index is 0.144. The summed E-state index contributed by atoms with van der Waals surface area (Å²) in [6.07, 6.45) is 5.55. The molecule has 1 aliphatic carbocycles. The average molecular weight is 412 g/mol. The summed E-state index contributed by atoms with van der Waals surface area (Å²) < 4.78 is 5.35. The second-order valence-electron chi connectivity index (χ2n) is 8.18. The fourth-order valence-corrected chi connectivity index (χ4v) is 3.63. The lowest BCUT2D eigenvalue weighted by Gasteiger charge is -2.21. The molecule has 0 atom stereocenters. The van der Waals surface area contributed by atoms with Gasteiger partial charge in [0.1, 0.15) is 0 Å². The molecule has 1 fully saturated rings. The van der Waals surface area contributed by atoms with Gasteiger partial charge in [-0.2, -0.15) is 0 Å². The van der Waals surface area contributed by atoms with Crippen LogP contribution < -0.4 is 16.0 Å². The van der Waals surface area contributed by atoms with Gasteiger partial charge in [-0.1, -0.05) is 50.4 Å². The number of carbonyl (C=O) groups is 1. The smallest absolute Gasteiger partial charge is 0.227 e. The third-order valence-corrected chi connectivity index (χ3v) is 5.45. The second-order valence-corrected chi connectivity index (χ2v) is 8.18. The van der Waals surface area contributed by atoms with Crippen molar-refractivity contribution in [3.8, 4) is 0 Å². The molecule has 30 heavy (non-hydrogen) atoms. The number of hydrogen-bond acceptors (Lipinski definition) is 4. The maximum absolute atomic E-state index is 12.5. The molecule has 0 spiro atoms. The fraction of sp³-hybridized carbons (Fsp3) is 0.522. The number of aromatic nitrogens is 1. The molecule has 0 aliphatic heterocycles. The van der Waals surface area contributed by atoms with Crippen molar-refractivity contribution < 1.29 is 9.32 Å². The van der Waals surface area contributed by atoms with Gasteiger partial charge in [0.15, 0.2) is 11.7 Å². The lowest BCUT2D eigenvalue weighted by Crippen LogP contribution is -2.36. The molecule has 0 radical (unpaired) electrons. The molecule has 1 aromatic carbocycles. The largest absolute Gasteiger partial charge is 0.359 e. The fourth-order valence-electron chi connectivity index (χ4n) is 3.63. The van der Waals surface area contributed by atoms with Gasteiger partial charge in [0.25, 0.3) is 0 Å². The van der Waals surface area contributed by atoms with E-state index >= 15 is 0 Å². The van der Waals surface area contributed by atoms with E-state index in [-0.39, 0.29) is 11.8 Å². The van der Waals surface area contributed by atoms with E-state index in [0.29, 0.717) is 25.0 Å². The summed E-state index contributed by atoms with van der Waals surface area (Å²) in [5.74, 6) is 2.08. The first-order valence-corrected chi connectivity index (χ1v) is 10.8. The SMILES string of the molecule is CN=C(NCc1cccc(NC(=O)C2CCCCC2)c1)NCc1cc(C(C)C)no1. The number of guanidine groups is 1. The van der Waals surface area contributed by atoms with Gasteiger partial charge in [-0.05, 0) is 36.5 Å². The highest BCUT2D eigenvalue weighted by atomic mass is 16.5. The van der Waals surface area contributed by atoms with Crippen LogP contribution in [0.2, 0.25) is 0 Å². The summed E-state index contributed by atoms with van der Waals surface area (Å²) in [6.45, 7) is 5.28. The summed E-state index contributed by atoms with van der Waals surface area (Å²) in [4.78, 5) is 16.7. The van der Waals surface area contributed by atoms with Crippen LogP contribution >= 0.6 is 0 Å². The Balaban J connectivity index is 1.49. The normalized spacial score (nSPS) is 15.3. The van der Waals surface area contributed by atoms with Crippen molar-refractivity contribution in [3.63, 3.8) is 0 Å². The van der Waals surface area contributed by atoms with E-state index in [1.165, 1.54) is 6.42 Å². The Labute approximate surface area is 178 Å². The maximum Gasteiger partial charge on any atom is 0.227 e. The second kappa shape index (κ2) is 10.8. The number of rotatable bonds is 7. The molecule has 2 aromatic rings. The lowest BCUT2D eigenvalue weighted by molar-refractivity contribution is -0.120. The zero-order chi connectivity index (χ0) is 21.3. The third-order valence-electron chi connectivity index (χ3n) is 5.45. The zero-order valence-corrected chi connectivity index (χ0v) is 18.2. The number of nitrogens with one attached hydrogen (secondary N) is 3. The van der Waals surface area contributed by atoms with Crippen LogP contribution in [0.3, 0.4) is 0 Å². The molecule has 7 heteroatoms. The van der Waals surface area contributed by atoms with Crippen molar-refractivity contribution >= 4 is 17.6 Å². The molecule has 162 valence electrons. The molecule has 0 saturated heterocycles. The third kappa shape index (κ3) is 6.34. The number of carbonyl (C=O) groups excluding carboxylic acids is 1. The van der Waals surface area contributed by atoms with Gasteiger partial charge >= 0.3 is 0 Å². The highest BCUT2D eigenvalue weighted by Gasteiger charge is 2.21. The quantitative estimate of drug-likeness (QED) is 0.470. The summed E-state index contributed by atoms with van der Waals surface area (Å²) in [5.41, 5.74) is 2.86. The Morgan fingerprint density at radius 2 is 1.93 bits per heavy atom. The van der Waals surface area contributed by atoms with E-state index in [0.717, 1.165) is 48.4 Å². The van der Waals surface area contributed by atoms with Gasteiger partial charge < -0.3 is 20.5 Å². The first kappa shape index (κ1) is 21.9. The highest BCUT2D eigenvalue weighted by Crippen LogP contribution is 2.25. The van der Waals surface area contributed by atoms with Gasteiger partial charge in [-0.25, -0.2) is 0 Å². The Kier molecular flexibility index (Phi) is 7.88. The molecule has 3 N–H and O–H groups in total. The van der Waals surface area contributed by atoms with Gasteiger partial charge in [-0.3, -0.25) is 9.79 Å². The van der Waals surface area contributed by atoms with E-state index in [1.54, 1.807) is 7.05 Å². The lowest BCUT2D eigenvalue weighted by atomic mass is 9.88. The minimum absolute atomic E-state index is 0.144. The predicted octanol–water partition coefficient (Wildman–Crippen LogP) is 4.18. The van der Waals surface area contributed by atoms with Crippen molar-refractivity contribution in [1.82, 2.24) is 15.8 Å². The number of anilines is 1. The maximum atomic E-state index is 12.5. The summed E-state index contributed by atoms with van der Waals surface area (Å²) in [5, 5.41) is 13.7. The Hall–Kier alpha value is -2.83. The van der Waals surface area contributed by atoms with Crippen LogP contribution in [0, 0.1) is 5.92 Å². The monoisotopic (exact) mass is 411 g/mol. The average Bonchev–Trinajstić information content (AvgIpc) is 3.24. The summed E-state index contributed by atoms with van der Waals surface area (Å²) >= 11 is 0. The molecule has 0 unspecified atom stereocenters. The van der Waals surface area contributed by atoms with Crippen molar-refractivity contribution in [1.29, 1.82) is 0 Å². The highest BCUT2D eigenvalue weighted by molar-refractivity contribution is 5.92. The van der Waals surface area contributed by atoms with Gasteiger partial charge in [0.05, 0.1) is 12.2 Å². The molecule has 1 saturated carbocycles. The predicted molar refractivity (Wildman–Crippen MR) is 119 cm³/mol. The van der Waals surface area contributed by atoms with Crippen LogP contribution in [0.4, 0.5) is 5.69 Å². The molecular weight excluding hydrogens is 378 g/mol. The number of amides is 1. The molecule has 1 aliphatic rings. The van der Waals surface area contributed by atoms with E-state index in [1.807, 2.05) is 30.3 Å². The summed E-state index contributed by atoms with van der Waals surface area (Å²) in [7, 11) is 1.73. The van der Waals surface area contributed by atoms with E-state index in [2.05, 4.69) is 39.9 Å². The van der Waals surface area contributed by atoms with Crippen LogP contribution in [0.15, 0.2) is 39.8 Å². The minimum Gasteiger partial charge on any atom is -0.359 e. The number of benzene rings is 1. The topological polar surface area (TPSA) is 91.5 Å².